The lowest BCUT2D eigenvalue weighted by molar-refractivity contribution is -0.255. The largest absolute Gasteiger partial charge is 0.439 e. The van der Waals surface area contributed by atoms with Gasteiger partial charge in [0.1, 0.15) is 6.61 Å². The first-order valence-electron chi connectivity index (χ1n) is 4.89. The summed E-state index contributed by atoms with van der Waals surface area (Å²) >= 11 is 0. The first kappa shape index (κ1) is 12.6. The van der Waals surface area contributed by atoms with Crippen molar-refractivity contribution in [1.29, 1.82) is 0 Å². The Hall–Kier alpha value is -1.86. The molecule has 0 amide bonds. The zero-order chi connectivity index (χ0) is 13.2. The Kier molecular flexibility index (Phi) is 3.35. The van der Waals surface area contributed by atoms with Crippen LogP contribution in [0.1, 0.15) is 11.3 Å². The molecule has 0 spiro atoms. The molecule has 0 bridgehead atoms. The van der Waals surface area contributed by atoms with Gasteiger partial charge in [-0.25, -0.2) is 9.87 Å². The Morgan fingerprint density at radius 1 is 1.22 bits per heavy atom. The van der Waals surface area contributed by atoms with E-state index in [4.69, 9.17) is 9.67 Å². The molecule has 0 unspecified atom stereocenters. The van der Waals surface area contributed by atoms with E-state index in [0.29, 0.717) is 5.56 Å². The average Bonchev–Trinajstić information content (AvgIpc) is 2.77. The summed E-state index contributed by atoms with van der Waals surface area (Å²) in [7, 11) is 0. The van der Waals surface area contributed by atoms with Crippen LogP contribution in [0, 0.1) is 0 Å². The molecular formula is C11H8F3NO3. The van der Waals surface area contributed by atoms with E-state index in [-0.39, 0.29) is 18.3 Å². The normalized spacial score (nSPS) is 11.8. The van der Waals surface area contributed by atoms with E-state index in [1.807, 2.05) is 0 Å². The highest BCUT2D eigenvalue weighted by atomic mass is 19.4. The van der Waals surface area contributed by atoms with Crippen LogP contribution in [0.4, 0.5) is 13.2 Å². The molecule has 0 aliphatic rings. The molecule has 4 nitrogen and oxygen atoms in total. The van der Waals surface area contributed by atoms with E-state index in [0.717, 1.165) is 12.1 Å². The molecule has 7 heteroatoms. The van der Waals surface area contributed by atoms with Gasteiger partial charge in [-0.2, -0.15) is 13.2 Å². The number of halogens is 3. The topological polar surface area (TPSA) is 55.5 Å². The molecule has 0 aliphatic carbocycles. The summed E-state index contributed by atoms with van der Waals surface area (Å²) in [4.78, 5) is 7.72. The molecule has 1 N–H and O–H groups in total. The van der Waals surface area contributed by atoms with Gasteiger partial charge in [-0.3, -0.25) is 5.26 Å². The summed E-state index contributed by atoms with van der Waals surface area (Å²) in [6.07, 6.45) is -3.05. The fraction of sp³-hybridized carbons (Fsp3) is 0.182. The van der Waals surface area contributed by atoms with Gasteiger partial charge in [-0.15, -0.1) is 0 Å². The highest BCUT2D eigenvalue weighted by molar-refractivity contribution is 5.53. The van der Waals surface area contributed by atoms with Gasteiger partial charge in [0, 0.05) is 5.56 Å². The zero-order valence-corrected chi connectivity index (χ0v) is 8.94. The lowest BCUT2D eigenvalue weighted by Gasteiger charge is -2.06. The standard InChI is InChI=1S/C11H8F3NO3/c12-11(13,14)8-3-1-7(2-4-8)10-15-5-9(18-10)6-17-16/h1-5,16H,6H2. The van der Waals surface area contributed by atoms with Gasteiger partial charge in [0.2, 0.25) is 5.89 Å². The smallest absolute Gasteiger partial charge is 0.416 e. The predicted octanol–water partition coefficient (Wildman–Crippen LogP) is 3.35. The number of rotatable bonds is 3. The molecule has 2 rings (SSSR count). The summed E-state index contributed by atoms with van der Waals surface area (Å²) in [5, 5.41) is 8.21. The van der Waals surface area contributed by atoms with E-state index < -0.39 is 11.7 Å². The molecule has 0 saturated heterocycles. The van der Waals surface area contributed by atoms with Gasteiger partial charge in [-0.1, -0.05) is 0 Å². The molecule has 0 saturated carbocycles. The molecule has 1 heterocycles. The summed E-state index contributed by atoms with van der Waals surface area (Å²) in [6.45, 7) is -0.173. The van der Waals surface area contributed by atoms with Crippen LogP contribution in [0.2, 0.25) is 0 Å². The van der Waals surface area contributed by atoms with Crippen LogP contribution < -0.4 is 0 Å². The minimum Gasteiger partial charge on any atom is -0.439 e. The minimum atomic E-state index is -4.37. The second kappa shape index (κ2) is 4.79. The first-order valence-corrected chi connectivity index (χ1v) is 4.89. The first-order chi connectivity index (χ1) is 8.50. The number of hydrogen-bond acceptors (Lipinski definition) is 4. The van der Waals surface area contributed by atoms with Crippen molar-refractivity contribution in [3.63, 3.8) is 0 Å². The molecule has 0 aliphatic heterocycles. The maximum Gasteiger partial charge on any atom is 0.416 e. The number of aromatic nitrogens is 1. The van der Waals surface area contributed by atoms with Crippen LogP contribution in [0.15, 0.2) is 34.9 Å². The van der Waals surface area contributed by atoms with Crippen LogP contribution in [0.3, 0.4) is 0 Å². The highest BCUT2D eigenvalue weighted by Gasteiger charge is 2.30. The molecular weight excluding hydrogens is 251 g/mol. The van der Waals surface area contributed by atoms with E-state index >= 15 is 0 Å². The quantitative estimate of drug-likeness (QED) is 0.678. The highest BCUT2D eigenvalue weighted by Crippen LogP contribution is 2.30. The Morgan fingerprint density at radius 2 is 1.89 bits per heavy atom. The summed E-state index contributed by atoms with van der Waals surface area (Å²) in [5.74, 6) is 0.433. The van der Waals surface area contributed by atoms with Gasteiger partial charge < -0.3 is 4.42 Å². The van der Waals surface area contributed by atoms with E-state index in [1.54, 1.807) is 0 Å². The molecule has 1 aromatic heterocycles. The summed E-state index contributed by atoms with van der Waals surface area (Å²) in [5.41, 5.74) is -0.330. The van der Waals surface area contributed by atoms with Crippen LogP contribution in [-0.4, -0.2) is 10.2 Å². The third-order valence-corrected chi connectivity index (χ3v) is 2.22. The second-order valence-corrected chi connectivity index (χ2v) is 3.48. The van der Waals surface area contributed by atoms with E-state index in [9.17, 15) is 13.2 Å². The van der Waals surface area contributed by atoms with E-state index in [1.165, 1.54) is 18.3 Å². The van der Waals surface area contributed by atoms with Crippen molar-refractivity contribution >= 4 is 0 Å². The van der Waals surface area contributed by atoms with Crippen LogP contribution in [0.25, 0.3) is 11.5 Å². The van der Waals surface area contributed by atoms with Crippen molar-refractivity contribution < 1.29 is 27.7 Å². The fourth-order valence-electron chi connectivity index (χ4n) is 1.37. The predicted molar refractivity (Wildman–Crippen MR) is 54.4 cm³/mol. The summed E-state index contributed by atoms with van der Waals surface area (Å²) in [6, 6.07) is 4.42. The molecule has 18 heavy (non-hydrogen) atoms. The summed E-state index contributed by atoms with van der Waals surface area (Å²) < 4.78 is 42.2. The maximum absolute atomic E-state index is 12.3. The number of oxazole rings is 1. The van der Waals surface area contributed by atoms with Crippen molar-refractivity contribution in [3.05, 3.63) is 41.8 Å². The Morgan fingerprint density at radius 3 is 2.44 bits per heavy atom. The molecule has 0 radical (unpaired) electrons. The van der Waals surface area contributed by atoms with E-state index in [2.05, 4.69) is 9.87 Å². The Balaban J connectivity index is 2.23. The molecule has 2 aromatic rings. The third kappa shape index (κ3) is 2.69. The van der Waals surface area contributed by atoms with Crippen LogP contribution in [-0.2, 0) is 17.7 Å². The zero-order valence-electron chi connectivity index (χ0n) is 8.94. The third-order valence-electron chi connectivity index (χ3n) is 2.22. The van der Waals surface area contributed by atoms with Gasteiger partial charge in [-0.05, 0) is 24.3 Å². The minimum absolute atomic E-state index is 0.163. The Labute approximate surface area is 99.6 Å². The average molecular weight is 259 g/mol. The van der Waals surface area contributed by atoms with Crippen molar-refractivity contribution in [2.24, 2.45) is 0 Å². The maximum atomic E-state index is 12.3. The van der Waals surface area contributed by atoms with Crippen molar-refractivity contribution in [2.45, 2.75) is 12.8 Å². The SMILES string of the molecule is OOCc1cnc(-c2ccc(C(F)(F)F)cc2)o1. The molecule has 0 fully saturated rings. The van der Waals surface area contributed by atoms with Gasteiger partial charge >= 0.3 is 6.18 Å². The number of nitrogens with zero attached hydrogens (tertiary/aromatic N) is 1. The van der Waals surface area contributed by atoms with Gasteiger partial charge in [0.25, 0.3) is 0 Å². The fourth-order valence-corrected chi connectivity index (χ4v) is 1.37. The number of alkyl halides is 3. The molecule has 0 atom stereocenters. The lowest BCUT2D eigenvalue weighted by atomic mass is 10.1. The monoisotopic (exact) mass is 259 g/mol. The van der Waals surface area contributed by atoms with Gasteiger partial charge in [0.15, 0.2) is 5.76 Å². The van der Waals surface area contributed by atoms with Gasteiger partial charge in [0.05, 0.1) is 11.8 Å². The van der Waals surface area contributed by atoms with Crippen LogP contribution >= 0.6 is 0 Å². The van der Waals surface area contributed by atoms with Crippen molar-refractivity contribution in [2.75, 3.05) is 0 Å². The second-order valence-electron chi connectivity index (χ2n) is 3.48. The number of hydrogen-bond donors (Lipinski definition) is 1. The lowest BCUT2D eigenvalue weighted by Crippen LogP contribution is -2.03. The molecule has 1 aromatic carbocycles. The van der Waals surface area contributed by atoms with Crippen molar-refractivity contribution in [3.8, 4) is 11.5 Å². The van der Waals surface area contributed by atoms with Crippen molar-refractivity contribution in [1.82, 2.24) is 4.98 Å². The molecule has 96 valence electrons. The number of benzene rings is 1. The van der Waals surface area contributed by atoms with Crippen LogP contribution in [0.5, 0.6) is 0 Å². The Bertz CT molecular complexity index is 519.